The predicted octanol–water partition coefficient (Wildman–Crippen LogP) is 1.93. The monoisotopic (exact) mass is 257 g/mol. The molecule has 0 radical (unpaired) electrons. The summed E-state index contributed by atoms with van der Waals surface area (Å²) in [6.07, 6.45) is 2.10. The lowest BCUT2D eigenvalue weighted by molar-refractivity contribution is -0.141. The highest BCUT2D eigenvalue weighted by molar-refractivity contribution is 5.81. The number of rotatable bonds is 5. The molecule has 18 heavy (non-hydrogen) atoms. The molecule has 1 saturated heterocycles. The number of piperidine rings is 1. The average Bonchev–Trinajstić information content (AvgIpc) is 2.33. The molecule has 0 aromatic heterocycles. The molecule has 0 aromatic rings. The Kier molecular flexibility index (Phi) is 6.09. The van der Waals surface area contributed by atoms with E-state index in [4.69, 9.17) is 9.47 Å². The number of methoxy groups -OCH3 is 1. The fraction of sp³-hybridized carbons (Fsp3) is 0.929. The largest absolute Gasteiger partial charge is 0.382 e. The number of nitrogens with zero attached hydrogens (tertiary/aromatic N) is 1. The predicted molar refractivity (Wildman–Crippen MR) is 71.5 cm³/mol. The van der Waals surface area contributed by atoms with Crippen molar-refractivity contribution in [3.8, 4) is 0 Å². The molecule has 0 bridgehead atoms. The van der Waals surface area contributed by atoms with Crippen LogP contribution < -0.4 is 0 Å². The molecule has 4 nitrogen and oxygen atoms in total. The summed E-state index contributed by atoms with van der Waals surface area (Å²) >= 11 is 0. The first-order chi connectivity index (χ1) is 8.45. The zero-order valence-corrected chi connectivity index (χ0v) is 12.2. The molecule has 1 heterocycles. The summed E-state index contributed by atoms with van der Waals surface area (Å²) in [6, 6.07) is 0. The number of hydrogen-bond donors (Lipinski definition) is 0. The minimum Gasteiger partial charge on any atom is -0.382 e. The minimum absolute atomic E-state index is 0.262. The van der Waals surface area contributed by atoms with E-state index in [0.717, 1.165) is 32.5 Å². The molecule has 0 N–H and O–H groups in total. The van der Waals surface area contributed by atoms with Gasteiger partial charge in [-0.1, -0.05) is 20.8 Å². The molecular weight excluding hydrogens is 230 g/mol. The molecule has 0 unspecified atom stereocenters. The third-order valence-corrected chi connectivity index (χ3v) is 3.33. The number of carbonyl (C=O) groups is 1. The molecule has 0 atom stereocenters. The Morgan fingerprint density at radius 2 is 1.83 bits per heavy atom. The third-order valence-electron chi connectivity index (χ3n) is 3.33. The number of hydrogen-bond acceptors (Lipinski definition) is 3. The highest BCUT2D eigenvalue weighted by atomic mass is 16.5. The molecule has 106 valence electrons. The summed E-state index contributed by atoms with van der Waals surface area (Å²) in [7, 11) is 1.68. The molecule has 1 fully saturated rings. The summed E-state index contributed by atoms with van der Waals surface area (Å²) in [6.45, 7) is 9.79. The van der Waals surface area contributed by atoms with Crippen molar-refractivity contribution in [1.82, 2.24) is 4.90 Å². The number of likely N-dealkylation sites (tertiary alicyclic amines) is 1. The van der Waals surface area contributed by atoms with Crippen LogP contribution >= 0.6 is 0 Å². The van der Waals surface area contributed by atoms with Crippen molar-refractivity contribution in [2.75, 3.05) is 40.0 Å². The zero-order valence-electron chi connectivity index (χ0n) is 12.2. The SMILES string of the molecule is COCCOCC1CCN(C(=O)C(C)(C)C)CC1. The van der Waals surface area contributed by atoms with Crippen LogP contribution in [0, 0.1) is 11.3 Å². The first-order valence-electron chi connectivity index (χ1n) is 6.81. The van der Waals surface area contributed by atoms with E-state index >= 15 is 0 Å². The standard InChI is InChI=1S/C14H27NO3/c1-14(2,3)13(16)15-7-5-12(6-8-15)11-18-10-9-17-4/h12H,5-11H2,1-4H3. The number of carbonyl (C=O) groups excluding carboxylic acids is 1. The Morgan fingerprint density at radius 1 is 1.22 bits per heavy atom. The summed E-state index contributed by atoms with van der Waals surface area (Å²) in [5, 5.41) is 0. The van der Waals surface area contributed by atoms with Gasteiger partial charge in [0.05, 0.1) is 13.2 Å². The van der Waals surface area contributed by atoms with Crippen molar-refractivity contribution in [3.05, 3.63) is 0 Å². The van der Waals surface area contributed by atoms with Gasteiger partial charge in [0.1, 0.15) is 0 Å². The molecule has 4 heteroatoms. The van der Waals surface area contributed by atoms with E-state index in [-0.39, 0.29) is 11.3 Å². The molecule has 1 aliphatic rings. The number of ether oxygens (including phenoxy) is 2. The van der Waals surface area contributed by atoms with Gasteiger partial charge in [-0.25, -0.2) is 0 Å². The van der Waals surface area contributed by atoms with Gasteiger partial charge in [-0.2, -0.15) is 0 Å². The van der Waals surface area contributed by atoms with Gasteiger partial charge in [-0.05, 0) is 18.8 Å². The Balaban J connectivity index is 2.22. The number of amides is 1. The van der Waals surface area contributed by atoms with Crippen LogP contribution in [0.4, 0.5) is 0 Å². The maximum Gasteiger partial charge on any atom is 0.227 e. The second kappa shape index (κ2) is 7.10. The van der Waals surface area contributed by atoms with Gasteiger partial charge in [-0.15, -0.1) is 0 Å². The normalized spacial score (nSPS) is 18.1. The van der Waals surface area contributed by atoms with E-state index in [1.165, 1.54) is 0 Å². The second-order valence-corrected chi connectivity index (χ2v) is 6.05. The smallest absolute Gasteiger partial charge is 0.227 e. The second-order valence-electron chi connectivity index (χ2n) is 6.05. The maximum atomic E-state index is 12.1. The van der Waals surface area contributed by atoms with Crippen molar-refractivity contribution in [2.24, 2.45) is 11.3 Å². The van der Waals surface area contributed by atoms with Crippen molar-refractivity contribution in [1.29, 1.82) is 0 Å². The van der Waals surface area contributed by atoms with Gasteiger partial charge in [0.15, 0.2) is 0 Å². The summed E-state index contributed by atoms with van der Waals surface area (Å²) < 4.78 is 10.5. The molecule has 1 aliphatic heterocycles. The molecule has 1 amide bonds. The fourth-order valence-electron chi connectivity index (χ4n) is 2.17. The van der Waals surface area contributed by atoms with Crippen molar-refractivity contribution < 1.29 is 14.3 Å². The lowest BCUT2D eigenvalue weighted by Crippen LogP contribution is -2.44. The summed E-state index contributed by atoms with van der Waals surface area (Å²) in [4.78, 5) is 14.1. The van der Waals surface area contributed by atoms with Crippen LogP contribution in [0.15, 0.2) is 0 Å². The summed E-state index contributed by atoms with van der Waals surface area (Å²) in [5.41, 5.74) is -0.262. The van der Waals surface area contributed by atoms with Gasteiger partial charge in [0.25, 0.3) is 0 Å². The van der Waals surface area contributed by atoms with Crippen LogP contribution in [0.3, 0.4) is 0 Å². The molecule has 1 rings (SSSR count). The van der Waals surface area contributed by atoms with Gasteiger partial charge in [-0.3, -0.25) is 4.79 Å². The van der Waals surface area contributed by atoms with Crippen LogP contribution in [0.1, 0.15) is 33.6 Å². The van der Waals surface area contributed by atoms with E-state index in [9.17, 15) is 4.79 Å². The van der Waals surface area contributed by atoms with Crippen LogP contribution in [0.25, 0.3) is 0 Å². The third kappa shape index (κ3) is 4.94. The van der Waals surface area contributed by atoms with Crippen molar-refractivity contribution in [3.63, 3.8) is 0 Å². The van der Waals surface area contributed by atoms with Gasteiger partial charge in [0.2, 0.25) is 5.91 Å². The van der Waals surface area contributed by atoms with Crippen LogP contribution in [-0.2, 0) is 14.3 Å². The van der Waals surface area contributed by atoms with Crippen LogP contribution in [0.5, 0.6) is 0 Å². The Bertz CT molecular complexity index is 252. The first-order valence-corrected chi connectivity index (χ1v) is 6.81. The Hall–Kier alpha value is -0.610. The lowest BCUT2D eigenvalue weighted by Gasteiger charge is -2.35. The Labute approximate surface area is 111 Å². The van der Waals surface area contributed by atoms with Crippen molar-refractivity contribution >= 4 is 5.91 Å². The zero-order chi connectivity index (χ0) is 13.6. The van der Waals surface area contributed by atoms with E-state index in [2.05, 4.69) is 0 Å². The first kappa shape index (κ1) is 15.4. The highest BCUT2D eigenvalue weighted by Gasteiger charge is 2.30. The fourth-order valence-corrected chi connectivity index (χ4v) is 2.17. The molecule has 0 saturated carbocycles. The van der Waals surface area contributed by atoms with E-state index in [0.29, 0.717) is 19.1 Å². The molecule has 0 spiro atoms. The highest BCUT2D eigenvalue weighted by Crippen LogP contribution is 2.23. The summed E-state index contributed by atoms with van der Waals surface area (Å²) in [5.74, 6) is 0.854. The van der Waals surface area contributed by atoms with Gasteiger partial charge < -0.3 is 14.4 Å². The quantitative estimate of drug-likeness (QED) is 0.706. The average molecular weight is 257 g/mol. The molecular formula is C14H27NO3. The Morgan fingerprint density at radius 3 is 2.33 bits per heavy atom. The van der Waals surface area contributed by atoms with Crippen molar-refractivity contribution in [2.45, 2.75) is 33.6 Å². The maximum absolute atomic E-state index is 12.1. The van der Waals surface area contributed by atoms with Gasteiger partial charge in [0, 0.05) is 32.2 Å². The van der Waals surface area contributed by atoms with E-state index in [1.807, 2.05) is 25.7 Å². The molecule has 0 aromatic carbocycles. The van der Waals surface area contributed by atoms with Crippen LogP contribution in [0.2, 0.25) is 0 Å². The lowest BCUT2D eigenvalue weighted by atomic mass is 9.91. The minimum atomic E-state index is -0.262. The van der Waals surface area contributed by atoms with E-state index in [1.54, 1.807) is 7.11 Å². The van der Waals surface area contributed by atoms with E-state index < -0.39 is 0 Å². The van der Waals surface area contributed by atoms with Crippen LogP contribution in [-0.4, -0.2) is 50.8 Å². The topological polar surface area (TPSA) is 38.8 Å². The molecule has 0 aliphatic carbocycles. The van der Waals surface area contributed by atoms with Gasteiger partial charge >= 0.3 is 0 Å².